The van der Waals surface area contributed by atoms with E-state index in [1.807, 2.05) is 31.2 Å². The summed E-state index contributed by atoms with van der Waals surface area (Å²) in [5.41, 5.74) is 3.05. The number of hydrogen-bond donors (Lipinski definition) is 0. The number of halogens is 2. The van der Waals surface area contributed by atoms with Crippen LogP contribution in [-0.4, -0.2) is 45.6 Å². The van der Waals surface area contributed by atoms with Crippen molar-refractivity contribution in [2.45, 2.75) is 50.5 Å². The molecule has 0 amide bonds. The van der Waals surface area contributed by atoms with E-state index in [-0.39, 0.29) is 17.5 Å². The van der Waals surface area contributed by atoms with Crippen molar-refractivity contribution in [3.63, 3.8) is 0 Å². The topological polar surface area (TPSA) is 49.9 Å². The van der Waals surface area contributed by atoms with Gasteiger partial charge in [0.1, 0.15) is 17.7 Å². The highest BCUT2D eigenvalue weighted by Gasteiger charge is 2.34. The number of sulfonamides is 1. The molecule has 2 heterocycles. The number of hydrogen-bond acceptors (Lipinski definition) is 4. The average Bonchev–Trinajstić information content (AvgIpc) is 3.42. The fourth-order valence-electron chi connectivity index (χ4n) is 5.45. The second-order valence-electron chi connectivity index (χ2n) is 10.4. The molecular weight excluding hydrogens is 535 g/mol. The minimum Gasteiger partial charge on any atom is -0.486 e. The molecule has 0 unspecified atom stereocenters. The molecule has 0 aromatic heterocycles. The lowest BCUT2D eigenvalue weighted by Gasteiger charge is -2.36. The predicted octanol–water partition coefficient (Wildman–Crippen LogP) is 7.18. The quantitative estimate of drug-likeness (QED) is 0.270. The van der Waals surface area contributed by atoms with Crippen LogP contribution >= 0.6 is 11.6 Å². The molecule has 3 aromatic carbocycles. The molecule has 39 heavy (non-hydrogen) atoms. The van der Waals surface area contributed by atoms with Crippen LogP contribution in [0, 0.1) is 12.7 Å². The van der Waals surface area contributed by atoms with Crippen LogP contribution in [0.25, 0.3) is 11.6 Å². The summed E-state index contributed by atoms with van der Waals surface area (Å²) in [4.78, 5) is 2.71. The first-order chi connectivity index (χ1) is 18.7. The Morgan fingerprint density at radius 1 is 1.10 bits per heavy atom. The second-order valence-corrected chi connectivity index (χ2v) is 12.7. The maximum absolute atomic E-state index is 14.5. The average molecular weight is 569 g/mol. The van der Waals surface area contributed by atoms with Gasteiger partial charge in [-0.25, -0.2) is 12.8 Å². The van der Waals surface area contributed by atoms with Crippen molar-refractivity contribution >= 4 is 39.0 Å². The van der Waals surface area contributed by atoms with E-state index < -0.39 is 15.8 Å². The zero-order valence-electron chi connectivity index (χ0n) is 22.4. The first-order valence-corrected chi connectivity index (χ1v) is 15.3. The fraction of sp³-hybridized carbons (Fsp3) is 0.355. The minimum absolute atomic E-state index is 0.231. The largest absolute Gasteiger partial charge is 0.486 e. The highest BCUT2D eigenvalue weighted by Crippen LogP contribution is 2.39. The van der Waals surface area contributed by atoms with Crippen molar-refractivity contribution in [1.29, 1.82) is 0 Å². The van der Waals surface area contributed by atoms with Crippen molar-refractivity contribution in [3.8, 4) is 5.75 Å². The lowest BCUT2D eigenvalue weighted by atomic mass is 10.0. The first-order valence-electron chi connectivity index (χ1n) is 13.5. The molecule has 206 valence electrons. The van der Waals surface area contributed by atoms with Gasteiger partial charge in [0.05, 0.1) is 22.2 Å². The number of nitrogens with zero attached hydrogens (tertiary/aromatic N) is 2. The zero-order valence-corrected chi connectivity index (χ0v) is 23.9. The highest BCUT2D eigenvalue weighted by atomic mass is 35.5. The van der Waals surface area contributed by atoms with Crippen LogP contribution in [0.3, 0.4) is 0 Å². The molecule has 3 aromatic rings. The SMILES string of the molecule is C/C(=C\c1ccc2c(c1)N(S(=O)(=O)c1cccc(C)c1)C[C@H](CCCN1CCCC1)O2)c1c(F)cccc1Cl. The summed E-state index contributed by atoms with van der Waals surface area (Å²) in [5, 5.41) is 0.325. The Morgan fingerprint density at radius 3 is 2.62 bits per heavy atom. The molecule has 0 bridgehead atoms. The van der Waals surface area contributed by atoms with Gasteiger partial charge in [-0.15, -0.1) is 0 Å². The Kier molecular flexibility index (Phi) is 8.31. The zero-order chi connectivity index (χ0) is 27.6. The molecule has 1 fully saturated rings. The Morgan fingerprint density at radius 2 is 1.87 bits per heavy atom. The second kappa shape index (κ2) is 11.7. The van der Waals surface area contributed by atoms with Gasteiger partial charge < -0.3 is 9.64 Å². The molecule has 2 aliphatic rings. The van der Waals surface area contributed by atoms with E-state index in [2.05, 4.69) is 4.90 Å². The molecule has 0 N–H and O–H groups in total. The molecule has 5 rings (SSSR count). The summed E-state index contributed by atoms with van der Waals surface area (Å²) in [5.74, 6) is 0.125. The number of anilines is 1. The predicted molar refractivity (Wildman–Crippen MR) is 156 cm³/mol. The van der Waals surface area contributed by atoms with E-state index in [0.29, 0.717) is 27.6 Å². The van der Waals surface area contributed by atoms with E-state index >= 15 is 0 Å². The maximum Gasteiger partial charge on any atom is 0.264 e. The van der Waals surface area contributed by atoms with Crippen molar-refractivity contribution in [2.75, 3.05) is 30.5 Å². The molecule has 1 atom stereocenters. The van der Waals surface area contributed by atoms with Crippen molar-refractivity contribution < 1.29 is 17.5 Å². The summed E-state index contributed by atoms with van der Waals surface area (Å²) >= 11 is 6.28. The van der Waals surface area contributed by atoms with Crippen LogP contribution in [0.2, 0.25) is 5.02 Å². The monoisotopic (exact) mass is 568 g/mol. The van der Waals surface area contributed by atoms with Gasteiger partial charge in [0.25, 0.3) is 10.0 Å². The van der Waals surface area contributed by atoms with Crippen LogP contribution in [0.4, 0.5) is 10.1 Å². The number of ether oxygens (including phenoxy) is 1. The van der Waals surface area contributed by atoms with Crippen molar-refractivity contribution in [1.82, 2.24) is 4.90 Å². The number of allylic oxidation sites excluding steroid dienone is 1. The Bertz CT molecular complexity index is 1460. The first kappa shape index (κ1) is 27.7. The van der Waals surface area contributed by atoms with E-state index in [1.54, 1.807) is 43.3 Å². The van der Waals surface area contributed by atoms with Crippen LogP contribution in [0.15, 0.2) is 65.6 Å². The third kappa shape index (κ3) is 6.16. The van der Waals surface area contributed by atoms with E-state index in [0.717, 1.165) is 43.6 Å². The number of likely N-dealkylation sites (tertiary alicyclic amines) is 1. The van der Waals surface area contributed by atoms with Crippen molar-refractivity contribution in [2.24, 2.45) is 0 Å². The fourth-order valence-corrected chi connectivity index (χ4v) is 7.36. The molecule has 2 aliphatic heterocycles. The summed E-state index contributed by atoms with van der Waals surface area (Å²) in [7, 11) is -3.84. The maximum atomic E-state index is 14.5. The number of aryl methyl sites for hydroxylation is 1. The van der Waals surface area contributed by atoms with Gasteiger partial charge in [0, 0.05) is 5.56 Å². The van der Waals surface area contributed by atoms with E-state index in [4.69, 9.17) is 16.3 Å². The molecule has 0 radical (unpaired) electrons. The molecule has 0 spiro atoms. The summed E-state index contributed by atoms with van der Waals surface area (Å²) < 4.78 is 50.2. The molecule has 0 saturated carbocycles. The standard InChI is InChI=1S/C31H34ClFN2O3S/c1-22-8-5-10-26(18-22)39(36,37)35-21-25(9-7-17-34-15-3-4-16-34)38-30-14-13-24(20-29(30)35)19-23(2)31-27(32)11-6-12-28(31)33/h5-6,8,10-14,18-20,25H,3-4,7,9,15-17,21H2,1-2H3/b23-19+/t25-/m0/s1. The lowest BCUT2D eigenvalue weighted by Crippen LogP contribution is -2.43. The van der Waals surface area contributed by atoms with Crippen molar-refractivity contribution in [3.05, 3.63) is 88.2 Å². The van der Waals surface area contributed by atoms with Crippen LogP contribution in [0.5, 0.6) is 5.75 Å². The van der Waals surface area contributed by atoms with Crippen LogP contribution < -0.4 is 9.04 Å². The third-order valence-corrected chi connectivity index (χ3v) is 9.52. The third-order valence-electron chi connectivity index (χ3n) is 7.43. The van der Waals surface area contributed by atoms with Crippen LogP contribution in [-0.2, 0) is 10.0 Å². The molecule has 0 aliphatic carbocycles. The molecule has 1 saturated heterocycles. The lowest BCUT2D eigenvalue weighted by molar-refractivity contribution is 0.179. The number of benzene rings is 3. The van der Waals surface area contributed by atoms with Gasteiger partial charge in [-0.2, -0.15) is 0 Å². The molecule has 8 heteroatoms. The number of rotatable bonds is 8. The normalized spacial score (nSPS) is 18.2. The summed E-state index contributed by atoms with van der Waals surface area (Å²) in [6, 6.07) is 17.0. The van der Waals surface area contributed by atoms with E-state index in [1.165, 1.54) is 23.2 Å². The van der Waals surface area contributed by atoms with Gasteiger partial charge in [0.2, 0.25) is 0 Å². The Labute approximate surface area is 235 Å². The molecular formula is C31H34ClFN2O3S. The Balaban J connectivity index is 1.48. The van der Waals surface area contributed by atoms with Gasteiger partial charge in [-0.05, 0) is 112 Å². The minimum atomic E-state index is -3.84. The van der Waals surface area contributed by atoms with E-state index in [9.17, 15) is 12.8 Å². The summed E-state index contributed by atoms with van der Waals surface area (Å²) in [6.45, 7) is 7.17. The van der Waals surface area contributed by atoms with Gasteiger partial charge >= 0.3 is 0 Å². The highest BCUT2D eigenvalue weighted by molar-refractivity contribution is 7.92. The van der Waals surface area contributed by atoms with Gasteiger partial charge in [0.15, 0.2) is 0 Å². The molecule has 5 nitrogen and oxygen atoms in total. The summed E-state index contributed by atoms with van der Waals surface area (Å²) in [6.07, 6.45) is 5.76. The van der Waals surface area contributed by atoms with Gasteiger partial charge in [-0.1, -0.05) is 41.9 Å². The smallest absolute Gasteiger partial charge is 0.264 e. The van der Waals surface area contributed by atoms with Crippen LogP contribution in [0.1, 0.15) is 49.3 Å². The van der Waals surface area contributed by atoms with Gasteiger partial charge in [-0.3, -0.25) is 4.31 Å². The Hall–Kier alpha value is -2.87. The number of fused-ring (bicyclic) bond motifs is 1.